The Hall–Kier alpha value is -0.550. The van der Waals surface area contributed by atoms with Crippen molar-refractivity contribution < 1.29 is 4.74 Å². The number of benzene rings is 1. The molecule has 1 saturated heterocycles. The van der Waals surface area contributed by atoms with E-state index in [-0.39, 0.29) is 0 Å². The van der Waals surface area contributed by atoms with E-state index in [0.29, 0.717) is 0 Å². The Morgan fingerprint density at radius 1 is 1.14 bits per heavy atom. The smallest absolute Gasteiger partial charge is 0.0587 e. The third-order valence-corrected chi connectivity index (χ3v) is 4.85. The van der Waals surface area contributed by atoms with Crippen molar-refractivity contribution in [3.05, 3.63) is 29.8 Å². The van der Waals surface area contributed by atoms with Crippen LogP contribution in [-0.2, 0) is 11.3 Å². The lowest BCUT2D eigenvalue weighted by Gasteiger charge is -2.26. The molecule has 1 aromatic rings. The molecule has 1 fully saturated rings. The van der Waals surface area contributed by atoms with Crippen LogP contribution >= 0.6 is 11.8 Å². The van der Waals surface area contributed by atoms with E-state index in [2.05, 4.69) is 34.5 Å². The van der Waals surface area contributed by atoms with Gasteiger partial charge in [0.05, 0.1) is 6.61 Å². The lowest BCUT2D eigenvalue weighted by molar-refractivity contribution is 0.199. The van der Waals surface area contributed by atoms with Gasteiger partial charge in [-0.25, -0.2) is 0 Å². The van der Waals surface area contributed by atoms with Gasteiger partial charge in [0, 0.05) is 37.4 Å². The monoisotopic (exact) mass is 308 g/mol. The standard InChI is InChI=1S/C17H28N2OS/c1-20-13-9-18-15-16-5-7-17(8-6-16)21-14-12-19-10-3-2-4-11-19/h5-8,18H,2-4,9-15H2,1H3. The molecule has 2 rings (SSSR count). The van der Waals surface area contributed by atoms with Gasteiger partial charge in [0.2, 0.25) is 0 Å². The summed E-state index contributed by atoms with van der Waals surface area (Å²) < 4.78 is 5.02. The van der Waals surface area contributed by atoms with E-state index in [4.69, 9.17) is 4.74 Å². The molecule has 1 aromatic carbocycles. The van der Waals surface area contributed by atoms with Crippen molar-refractivity contribution in [2.75, 3.05) is 45.6 Å². The van der Waals surface area contributed by atoms with Crippen molar-refractivity contribution in [3.63, 3.8) is 0 Å². The summed E-state index contributed by atoms with van der Waals surface area (Å²) in [7, 11) is 1.73. The fraction of sp³-hybridized carbons (Fsp3) is 0.647. The molecule has 0 aromatic heterocycles. The van der Waals surface area contributed by atoms with E-state index in [9.17, 15) is 0 Å². The minimum atomic E-state index is 0.768. The van der Waals surface area contributed by atoms with Crippen molar-refractivity contribution in [1.29, 1.82) is 0 Å². The van der Waals surface area contributed by atoms with E-state index in [0.717, 1.165) is 19.7 Å². The zero-order valence-electron chi connectivity index (χ0n) is 13.1. The van der Waals surface area contributed by atoms with Gasteiger partial charge in [-0.2, -0.15) is 0 Å². The molecule has 1 aliphatic heterocycles. The number of hydrogen-bond donors (Lipinski definition) is 1. The highest BCUT2D eigenvalue weighted by atomic mass is 32.2. The molecule has 0 amide bonds. The second kappa shape index (κ2) is 10.2. The van der Waals surface area contributed by atoms with Crippen LogP contribution in [0.5, 0.6) is 0 Å². The molecule has 0 spiro atoms. The maximum absolute atomic E-state index is 5.02. The lowest BCUT2D eigenvalue weighted by atomic mass is 10.1. The SMILES string of the molecule is COCCNCc1ccc(SCCN2CCCCC2)cc1. The highest BCUT2D eigenvalue weighted by molar-refractivity contribution is 7.99. The molecule has 1 N–H and O–H groups in total. The topological polar surface area (TPSA) is 24.5 Å². The van der Waals surface area contributed by atoms with Gasteiger partial charge in [0.15, 0.2) is 0 Å². The molecule has 0 unspecified atom stereocenters. The van der Waals surface area contributed by atoms with Crippen LogP contribution in [0.25, 0.3) is 0 Å². The van der Waals surface area contributed by atoms with Crippen LogP contribution in [0.1, 0.15) is 24.8 Å². The molecule has 0 aliphatic carbocycles. The predicted octanol–water partition coefficient (Wildman–Crippen LogP) is 3.00. The van der Waals surface area contributed by atoms with Crippen LogP contribution < -0.4 is 5.32 Å². The summed E-state index contributed by atoms with van der Waals surface area (Å²) in [5.41, 5.74) is 1.34. The Labute approximate surface area is 133 Å². The van der Waals surface area contributed by atoms with Crippen molar-refractivity contribution >= 4 is 11.8 Å². The van der Waals surface area contributed by atoms with Crippen LogP contribution in [0.4, 0.5) is 0 Å². The highest BCUT2D eigenvalue weighted by Gasteiger charge is 2.09. The van der Waals surface area contributed by atoms with Gasteiger partial charge in [0.1, 0.15) is 0 Å². The van der Waals surface area contributed by atoms with E-state index >= 15 is 0 Å². The first-order chi connectivity index (χ1) is 10.4. The number of nitrogens with one attached hydrogen (secondary N) is 1. The Balaban J connectivity index is 1.62. The van der Waals surface area contributed by atoms with E-state index in [1.165, 1.54) is 55.1 Å². The maximum atomic E-state index is 5.02. The third kappa shape index (κ3) is 6.83. The molecule has 21 heavy (non-hydrogen) atoms. The Morgan fingerprint density at radius 3 is 2.62 bits per heavy atom. The van der Waals surface area contributed by atoms with Crippen LogP contribution in [0, 0.1) is 0 Å². The van der Waals surface area contributed by atoms with Gasteiger partial charge in [0.25, 0.3) is 0 Å². The molecular weight excluding hydrogens is 280 g/mol. The van der Waals surface area contributed by atoms with E-state index in [1.807, 2.05) is 11.8 Å². The first-order valence-corrected chi connectivity index (χ1v) is 9.01. The largest absolute Gasteiger partial charge is 0.383 e. The van der Waals surface area contributed by atoms with Gasteiger partial charge in [-0.15, -0.1) is 11.8 Å². The predicted molar refractivity (Wildman–Crippen MR) is 91.0 cm³/mol. The fourth-order valence-corrected chi connectivity index (χ4v) is 3.50. The number of methoxy groups -OCH3 is 1. The van der Waals surface area contributed by atoms with Gasteiger partial charge in [-0.3, -0.25) is 0 Å². The average Bonchev–Trinajstić information content (AvgIpc) is 2.54. The molecule has 0 saturated carbocycles. The fourth-order valence-electron chi connectivity index (χ4n) is 2.59. The zero-order chi connectivity index (χ0) is 14.8. The number of piperidine rings is 1. The number of ether oxygens (including phenoxy) is 1. The molecule has 1 aliphatic rings. The second-order valence-corrected chi connectivity index (χ2v) is 6.73. The quantitative estimate of drug-likeness (QED) is 0.560. The Bertz CT molecular complexity index is 377. The average molecular weight is 308 g/mol. The van der Waals surface area contributed by atoms with Gasteiger partial charge >= 0.3 is 0 Å². The first kappa shape index (κ1) is 16.8. The Kier molecular flexibility index (Phi) is 8.18. The number of thioether (sulfide) groups is 1. The van der Waals surface area contributed by atoms with Gasteiger partial charge in [-0.1, -0.05) is 18.6 Å². The summed E-state index contributed by atoms with van der Waals surface area (Å²) in [5, 5.41) is 3.37. The van der Waals surface area contributed by atoms with Crippen LogP contribution in [0.2, 0.25) is 0 Å². The number of nitrogens with zero attached hydrogens (tertiary/aromatic N) is 1. The third-order valence-electron chi connectivity index (χ3n) is 3.86. The van der Waals surface area contributed by atoms with Crippen molar-refractivity contribution in [1.82, 2.24) is 10.2 Å². The molecule has 0 atom stereocenters. The van der Waals surface area contributed by atoms with E-state index < -0.39 is 0 Å². The first-order valence-electron chi connectivity index (χ1n) is 8.02. The molecule has 0 bridgehead atoms. The molecule has 0 radical (unpaired) electrons. The van der Waals surface area contributed by atoms with Crippen molar-refractivity contribution in [2.45, 2.75) is 30.7 Å². The molecule has 3 nitrogen and oxygen atoms in total. The minimum absolute atomic E-state index is 0.768. The summed E-state index contributed by atoms with van der Waals surface area (Å²) in [6.07, 6.45) is 4.19. The highest BCUT2D eigenvalue weighted by Crippen LogP contribution is 2.19. The van der Waals surface area contributed by atoms with Crippen LogP contribution in [0.15, 0.2) is 29.2 Å². The maximum Gasteiger partial charge on any atom is 0.0587 e. The number of rotatable bonds is 9. The van der Waals surface area contributed by atoms with Crippen molar-refractivity contribution in [2.24, 2.45) is 0 Å². The van der Waals surface area contributed by atoms with E-state index in [1.54, 1.807) is 7.11 Å². The summed E-state index contributed by atoms with van der Waals surface area (Å²) >= 11 is 1.97. The lowest BCUT2D eigenvalue weighted by Crippen LogP contribution is -2.31. The summed E-state index contributed by atoms with van der Waals surface area (Å²) in [4.78, 5) is 3.98. The number of hydrogen-bond acceptors (Lipinski definition) is 4. The van der Waals surface area contributed by atoms with Crippen molar-refractivity contribution in [3.8, 4) is 0 Å². The number of likely N-dealkylation sites (tertiary alicyclic amines) is 1. The molecule has 1 heterocycles. The molecular formula is C17H28N2OS. The van der Waals surface area contributed by atoms with Crippen LogP contribution in [-0.4, -0.2) is 50.5 Å². The molecule has 118 valence electrons. The zero-order valence-corrected chi connectivity index (χ0v) is 14.0. The summed E-state index contributed by atoms with van der Waals surface area (Å²) in [6, 6.07) is 8.94. The minimum Gasteiger partial charge on any atom is -0.383 e. The van der Waals surface area contributed by atoms with Crippen LogP contribution in [0.3, 0.4) is 0 Å². The second-order valence-electron chi connectivity index (χ2n) is 5.56. The molecule has 4 heteroatoms. The van der Waals surface area contributed by atoms with Gasteiger partial charge in [-0.05, 0) is 43.6 Å². The Morgan fingerprint density at radius 2 is 1.90 bits per heavy atom. The summed E-state index contributed by atoms with van der Waals surface area (Å²) in [5.74, 6) is 1.20. The van der Waals surface area contributed by atoms with Gasteiger partial charge < -0.3 is 15.0 Å². The normalized spacial score (nSPS) is 16.2. The summed E-state index contributed by atoms with van der Waals surface area (Å²) in [6.45, 7) is 6.42.